The van der Waals surface area contributed by atoms with E-state index in [1.54, 1.807) is 11.4 Å². The summed E-state index contributed by atoms with van der Waals surface area (Å²) in [6.07, 6.45) is 0. The van der Waals surface area contributed by atoms with Crippen molar-refractivity contribution in [2.45, 2.75) is 34.3 Å². The van der Waals surface area contributed by atoms with Crippen molar-refractivity contribution >= 4 is 34.3 Å². The zero-order valence-electron chi connectivity index (χ0n) is 17.9. The van der Waals surface area contributed by atoms with Gasteiger partial charge in [-0.2, -0.15) is 0 Å². The summed E-state index contributed by atoms with van der Waals surface area (Å²) in [6.45, 7) is 7.54. The second kappa shape index (κ2) is 9.15. The van der Waals surface area contributed by atoms with Crippen LogP contribution < -0.4 is 10.1 Å². The molecule has 0 aliphatic carbocycles. The molecule has 0 saturated heterocycles. The molecule has 166 valence electrons. The number of ether oxygens (including phenoxy) is 1. The SMILES string of the molecule is Cc1cc(C)c(OCc2csc(C(=O)Nc3cc([N+](=O)[O-])c(C)c([N+](=O)[O-])c3)c2)c(C)c1. The Morgan fingerprint density at radius 1 is 0.969 bits per heavy atom. The van der Waals surface area contributed by atoms with Crippen LogP contribution in [0.4, 0.5) is 17.1 Å². The Morgan fingerprint density at radius 2 is 1.53 bits per heavy atom. The number of anilines is 1. The summed E-state index contributed by atoms with van der Waals surface area (Å²) in [4.78, 5) is 34.0. The molecule has 1 heterocycles. The number of carbonyl (C=O) groups excluding carboxylic acids is 1. The van der Waals surface area contributed by atoms with E-state index in [1.807, 2.05) is 32.9 Å². The van der Waals surface area contributed by atoms with E-state index in [9.17, 15) is 25.0 Å². The van der Waals surface area contributed by atoms with Crippen LogP contribution in [0.2, 0.25) is 0 Å². The molecule has 0 spiro atoms. The Labute approximate surface area is 188 Å². The molecule has 32 heavy (non-hydrogen) atoms. The van der Waals surface area contributed by atoms with Gasteiger partial charge in [0.15, 0.2) is 0 Å². The van der Waals surface area contributed by atoms with E-state index in [2.05, 4.69) is 5.32 Å². The third-order valence-corrected chi connectivity index (χ3v) is 5.85. The average Bonchev–Trinajstić information content (AvgIpc) is 3.17. The zero-order valence-corrected chi connectivity index (χ0v) is 18.7. The summed E-state index contributed by atoms with van der Waals surface area (Å²) in [5.41, 5.74) is 3.04. The molecule has 3 rings (SSSR count). The van der Waals surface area contributed by atoms with Gasteiger partial charge in [0, 0.05) is 17.7 Å². The van der Waals surface area contributed by atoms with Crippen molar-refractivity contribution in [3.8, 4) is 5.75 Å². The number of amides is 1. The van der Waals surface area contributed by atoms with Gasteiger partial charge in [0.25, 0.3) is 17.3 Å². The Balaban J connectivity index is 1.75. The van der Waals surface area contributed by atoms with Crippen molar-refractivity contribution in [1.82, 2.24) is 0 Å². The third kappa shape index (κ3) is 4.92. The van der Waals surface area contributed by atoms with Crippen LogP contribution in [0, 0.1) is 47.9 Å². The lowest BCUT2D eigenvalue weighted by Gasteiger charge is -2.12. The quantitative estimate of drug-likeness (QED) is 0.364. The van der Waals surface area contributed by atoms with Gasteiger partial charge < -0.3 is 10.1 Å². The predicted octanol–water partition coefficient (Wildman–Crippen LogP) is 5.63. The Morgan fingerprint density at radius 3 is 2.06 bits per heavy atom. The van der Waals surface area contributed by atoms with Crippen LogP contribution in [0.25, 0.3) is 0 Å². The van der Waals surface area contributed by atoms with Crippen LogP contribution in [-0.4, -0.2) is 15.8 Å². The molecule has 9 nitrogen and oxygen atoms in total. The van der Waals surface area contributed by atoms with E-state index >= 15 is 0 Å². The molecule has 0 saturated carbocycles. The third-order valence-electron chi connectivity index (χ3n) is 4.87. The second-order valence-electron chi connectivity index (χ2n) is 7.44. The standard InChI is InChI=1S/C22H21N3O6S/c1-12-5-13(2)21(14(3)6-12)31-10-16-7-20(32-11-16)22(26)23-17-8-18(24(27)28)15(4)19(9-17)25(29)30/h5-9,11H,10H2,1-4H3,(H,23,26). The first-order valence-electron chi connectivity index (χ1n) is 9.59. The molecule has 0 unspecified atom stereocenters. The summed E-state index contributed by atoms with van der Waals surface area (Å²) in [7, 11) is 0. The number of nitrogens with one attached hydrogen (secondary N) is 1. The van der Waals surface area contributed by atoms with E-state index < -0.39 is 27.1 Å². The molecule has 3 aromatic rings. The fourth-order valence-corrected chi connectivity index (χ4v) is 4.24. The van der Waals surface area contributed by atoms with Crippen molar-refractivity contribution in [2.75, 3.05) is 5.32 Å². The number of aryl methyl sites for hydroxylation is 3. The van der Waals surface area contributed by atoms with Crippen LogP contribution in [0.15, 0.2) is 35.7 Å². The number of rotatable bonds is 7. The lowest BCUT2D eigenvalue weighted by Crippen LogP contribution is -2.11. The predicted molar refractivity (Wildman–Crippen MR) is 122 cm³/mol. The molecule has 0 radical (unpaired) electrons. The van der Waals surface area contributed by atoms with Crippen molar-refractivity contribution in [3.05, 3.63) is 88.6 Å². The van der Waals surface area contributed by atoms with Gasteiger partial charge in [-0.15, -0.1) is 11.3 Å². The molecular weight excluding hydrogens is 434 g/mol. The fraction of sp³-hybridized carbons (Fsp3) is 0.227. The van der Waals surface area contributed by atoms with Crippen LogP contribution in [-0.2, 0) is 6.61 Å². The number of nitro benzene ring substituents is 2. The Kier molecular flexibility index (Phi) is 6.54. The zero-order chi connectivity index (χ0) is 23.6. The van der Waals surface area contributed by atoms with Gasteiger partial charge in [0.05, 0.1) is 20.4 Å². The summed E-state index contributed by atoms with van der Waals surface area (Å²) >= 11 is 1.19. The van der Waals surface area contributed by atoms with Gasteiger partial charge in [-0.05, 0) is 50.3 Å². The first-order chi connectivity index (χ1) is 15.1. The maximum atomic E-state index is 12.6. The van der Waals surface area contributed by atoms with Crippen LogP contribution in [0.3, 0.4) is 0 Å². The molecule has 0 bridgehead atoms. The highest BCUT2D eigenvalue weighted by Gasteiger charge is 2.24. The fourth-order valence-electron chi connectivity index (χ4n) is 3.45. The normalized spacial score (nSPS) is 10.6. The van der Waals surface area contributed by atoms with Gasteiger partial charge in [-0.25, -0.2) is 0 Å². The molecule has 0 atom stereocenters. The number of thiophene rings is 1. The molecule has 0 fully saturated rings. The van der Waals surface area contributed by atoms with Gasteiger partial charge >= 0.3 is 0 Å². The average molecular weight is 455 g/mol. The highest BCUT2D eigenvalue weighted by molar-refractivity contribution is 7.12. The minimum absolute atomic E-state index is 0.0175. The van der Waals surface area contributed by atoms with Crippen LogP contribution in [0.1, 0.15) is 37.5 Å². The topological polar surface area (TPSA) is 125 Å². The van der Waals surface area contributed by atoms with Gasteiger partial charge in [-0.3, -0.25) is 25.0 Å². The van der Waals surface area contributed by atoms with Crippen molar-refractivity contribution < 1.29 is 19.4 Å². The van der Waals surface area contributed by atoms with Crippen molar-refractivity contribution in [2.24, 2.45) is 0 Å². The molecule has 2 aromatic carbocycles. The van der Waals surface area contributed by atoms with Crippen LogP contribution in [0.5, 0.6) is 5.75 Å². The summed E-state index contributed by atoms with van der Waals surface area (Å²) in [5.74, 6) is 0.281. The van der Waals surface area contributed by atoms with E-state index in [0.29, 0.717) is 4.88 Å². The van der Waals surface area contributed by atoms with E-state index in [-0.39, 0.29) is 17.9 Å². The van der Waals surface area contributed by atoms with Gasteiger partial charge in [-0.1, -0.05) is 17.7 Å². The molecular formula is C22H21N3O6S. The maximum absolute atomic E-state index is 12.6. The summed E-state index contributed by atoms with van der Waals surface area (Å²) in [5, 5.41) is 26.7. The first kappa shape index (κ1) is 22.9. The monoisotopic (exact) mass is 455 g/mol. The lowest BCUT2D eigenvalue weighted by atomic mass is 10.1. The van der Waals surface area contributed by atoms with Crippen molar-refractivity contribution in [1.29, 1.82) is 0 Å². The minimum atomic E-state index is -0.715. The molecule has 0 aliphatic heterocycles. The van der Waals surface area contributed by atoms with E-state index in [0.717, 1.165) is 40.1 Å². The molecule has 1 aromatic heterocycles. The molecule has 10 heteroatoms. The number of hydrogen-bond donors (Lipinski definition) is 1. The largest absolute Gasteiger partial charge is 0.488 e. The summed E-state index contributed by atoms with van der Waals surface area (Å²) in [6, 6.07) is 7.96. The summed E-state index contributed by atoms with van der Waals surface area (Å²) < 4.78 is 5.94. The second-order valence-corrected chi connectivity index (χ2v) is 8.35. The lowest BCUT2D eigenvalue weighted by molar-refractivity contribution is -0.395. The number of nitrogens with zero attached hydrogens (tertiary/aromatic N) is 2. The van der Waals surface area contributed by atoms with Crippen molar-refractivity contribution in [3.63, 3.8) is 0 Å². The van der Waals surface area contributed by atoms with E-state index in [4.69, 9.17) is 4.74 Å². The number of carbonyl (C=O) groups is 1. The highest BCUT2D eigenvalue weighted by Crippen LogP contribution is 2.32. The number of hydrogen-bond acceptors (Lipinski definition) is 7. The molecule has 1 amide bonds. The number of benzene rings is 2. The van der Waals surface area contributed by atoms with Gasteiger partial charge in [0.2, 0.25) is 0 Å². The highest BCUT2D eigenvalue weighted by atomic mass is 32.1. The minimum Gasteiger partial charge on any atom is -0.488 e. The Bertz CT molecular complexity index is 1180. The van der Waals surface area contributed by atoms with E-state index in [1.165, 1.54) is 18.3 Å². The maximum Gasteiger partial charge on any atom is 0.281 e. The molecule has 1 N–H and O–H groups in total. The smallest absolute Gasteiger partial charge is 0.281 e. The first-order valence-corrected chi connectivity index (χ1v) is 10.5. The molecule has 0 aliphatic rings. The Hall–Kier alpha value is -3.79. The van der Waals surface area contributed by atoms with Gasteiger partial charge in [0.1, 0.15) is 17.9 Å². The van der Waals surface area contributed by atoms with Crippen LogP contribution >= 0.6 is 11.3 Å². The number of nitro groups is 2.